The van der Waals surface area contributed by atoms with Gasteiger partial charge in [0.05, 0.1) is 19.8 Å². The highest BCUT2D eigenvalue weighted by molar-refractivity contribution is 5.94. The summed E-state index contributed by atoms with van der Waals surface area (Å²) in [7, 11) is 3.06. The SMILES string of the molecule is CCN(Cc1ccc(OC)c(OC)c1)C(=O)c1ccc(F)cc1F. The molecule has 2 aromatic carbocycles. The van der Waals surface area contributed by atoms with Crippen LogP contribution in [0.3, 0.4) is 0 Å². The Hall–Kier alpha value is -2.63. The molecule has 2 aromatic rings. The quantitative estimate of drug-likeness (QED) is 0.809. The Bertz CT molecular complexity index is 734. The van der Waals surface area contributed by atoms with Gasteiger partial charge in [-0.25, -0.2) is 8.78 Å². The lowest BCUT2D eigenvalue weighted by atomic mass is 10.1. The predicted octanol–water partition coefficient (Wildman–Crippen LogP) is 3.64. The normalized spacial score (nSPS) is 10.4. The summed E-state index contributed by atoms with van der Waals surface area (Å²) in [6, 6.07) is 8.24. The Morgan fingerprint density at radius 2 is 1.75 bits per heavy atom. The van der Waals surface area contributed by atoms with Crippen molar-refractivity contribution in [3.8, 4) is 11.5 Å². The minimum absolute atomic E-state index is 0.154. The van der Waals surface area contributed by atoms with Crippen LogP contribution in [0.4, 0.5) is 8.78 Å². The third-order valence-electron chi connectivity index (χ3n) is 3.65. The third-order valence-corrected chi connectivity index (χ3v) is 3.65. The molecule has 0 aromatic heterocycles. The molecule has 128 valence electrons. The number of rotatable bonds is 6. The zero-order valence-electron chi connectivity index (χ0n) is 13.8. The number of hydrogen-bond acceptors (Lipinski definition) is 3. The summed E-state index contributed by atoms with van der Waals surface area (Å²) in [5.74, 6) is -0.950. The predicted molar refractivity (Wildman–Crippen MR) is 86.3 cm³/mol. The Labute approximate surface area is 139 Å². The van der Waals surface area contributed by atoms with E-state index in [4.69, 9.17) is 9.47 Å². The molecule has 0 unspecified atom stereocenters. The first kappa shape index (κ1) is 17.7. The maximum Gasteiger partial charge on any atom is 0.257 e. The molecule has 1 amide bonds. The second kappa shape index (κ2) is 7.77. The molecule has 0 fully saturated rings. The fraction of sp³-hybridized carbons (Fsp3) is 0.278. The molecule has 0 spiro atoms. The van der Waals surface area contributed by atoms with Crippen LogP contribution in [0, 0.1) is 11.6 Å². The average molecular weight is 335 g/mol. The molecule has 0 aliphatic heterocycles. The Morgan fingerprint density at radius 1 is 1.04 bits per heavy atom. The molecule has 6 heteroatoms. The summed E-state index contributed by atoms with van der Waals surface area (Å²) in [6.07, 6.45) is 0. The molecule has 0 aliphatic rings. The molecule has 4 nitrogen and oxygen atoms in total. The number of ether oxygens (including phenoxy) is 2. The maximum absolute atomic E-state index is 13.8. The van der Waals surface area contributed by atoms with E-state index in [1.807, 2.05) is 0 Å². The van der Waals surface area contributed by atoms with Crippen LogP contribution in [0.25, 0.3) is 0 Å². The van der Waals surface area contributed by atoms with Gasteiger partial charge < -0.3 is 14.4 Å². The molecule has 0 saturated carbocycles. The lowest BCUT2D eigenvalue weighted by Gasteiger charge is -2.22. The van der Waals surface area contributed by atoms with Gasteiger partial charge in [0.2, 0.25) is 0 Å². The van der Waals surface area contributed by atoms with Crippen LogP contribution in [0.1, 0.15) is 22.8 Å². The topological polar surface area (TPSA) is 38.8 Å². The van der Waals surface area contributed by atoms with E-state index in [2.05, 4.69) is 0 Å². The van der Waals surface area contributed by atoms with Gasteiger partial charge in [-0.1, -0.05) is 6.07 Å². The minimum Gasteiger partial charge on any atom is -0.493 e. The molecular formula is C18H19F2NO3. The first-order chi connectivity index (χ1) is 11.5. The van der Waals surface area contributed by atoms with Crippen LogP contribution < -0.4 is 9.47 Å². The van der Waals surface area contributed by atoms with Crippen molar-refractivity contribution in [2.45, 2.75) is 13.5 Å². The summed E-state index contributed by atoms with van der Waals surface area (Å²) in [5, 5.41) is 0. The van der Waals surface area contributed by atoms with E-state index in [9.17, 15) is 13.6 Å². The molecule has 0 radical (unpaired) electrons. The second-order valence-corrected chi connectivity index (χ2v) is 5.13. The minimum atomic E-state index is -0.870. The van der Waals surface area contributed by atoms with Gasteiger partial charge in [0, 0.05) is 19.2 Å². The monoisotopic (exact) mass is 335 g/mol. The molecule has 2 rings (SSSR count). The van der Waals surface area contributed by atoms with Crippen molar-refractivity contribution in [3.05, 3.63) is 59.2 Å². The summed E-state index contributed by atoms with van der Waals surface area (Å²) in [5.41, 5.74) is 0.657. The number of benzene rings is 2. The lowest BCUT2D eigenvalue weighted by Crippen LogP contribution is -2.31. The largest absolute Gasteiger partial charge is 0.493 e. The zero-order valence-corrected chi connectivity index (χ0v) is 13.8. The number of hydrogen-bond donors (Lipinski definition) is 0. The van der Waals surface area contributed by atoms with Gasteiger partial charge in [-0.3, -0.25) is 4.79 Å². The van der Waals surface area contributed by atoms with Crippen LogP contribution in [-0.2, 0) is 6.54 Å². The number of methoxy groups -OCH3 is 2. The van der Waals surface area contributed by atoms with Crippen molar-refractivity contribution >= 4 is 5.91 Å². The average Bonchev–Trinajstić information content (AvgIpc) is 2.58. The van der Waals surface area contributed by atoms with E-state index in [-0.39, 0.29) is 12.1 Å². The van der Waals surface area contributed by atoms with E-state index < -0.39 is 17.5 Å². The van der Waals surface area contributed by atoms with Crippen LogP contribution in [-0.4, -0.2) is 31.6 Å². The molecule has 0 heterocycles. The first-order valence-corrected chi connectivity index (χ1v) is 7.45. The Kier molecular flexibility index (Phi) is 5.73. The van der Waals surface area contributed by atoms with Gasteiger partial charge in [-0.2, -0.15) is 0 Å². The highest BCUT2D eigenvalue weighted by atomic mass is 19.1. The summed E-state index contributed by atoms with van der Waals surface area (Å²) in [6.45, 7) is 2.44. The molecule has 24 heavy (non-hydrogen) atoms. The lowest BCUT2D eigenvalue weighted by molar-refractivity contribution is 0.0747. The molecule has 0 bridgehead atoms. The van der Waals surface area contributed by atoms with Crippen molar-refractivity contribution in [3.63, 3.8) is 0 Å². The fourth-order valence-electron chi connectivity index (χ4n) is 2.36. The van der Waals surface area contributed by atoms with Crippen molar-refractivity contribution in [2.24, 2.45) is 0 Å². The summed E-state index contributed by atoms with van der Waals surface area (Å²) >= 11 is 0. The van der Waals surface area contributed by atoms with Gasteiger partial charge in [-0.05, 0) is 36.8 Å². The summed E-state index contributed by atoms with van der Waals surface area (Å²) in [4.78, 5) is 14.0. The molecule has 0 N–H and O–H groups in total. The van der Waals surface area contributed by atoms with E-state index >= 15 is 0 Å². The number of carbonyl (C=O) groups is 1. The zero-order chi connectivity index (χ0) is 17.7. The standard InChI is InChI=1S/C18H19F2NO3/c1-4-21(18(22)14-7-6-13(19)10-15(14)20)11-12-5-8-16(23-2)17(9-12)24-3/h5-10H,4,11H2,1-3H3. The second-order valence-electron chi connectivity index (χ2n) is 5.13. The van der Waals surface area contributed by atoms with E-state index in [0.29, 0.717) is 24.1 Å². The highest BCUT2D eigenvalue weighted by Crippen LogP contribution is 2.28. The number of halogens is 2. The molecule has 0 aliphatic carbocycles. The van der Waals surface area contributed by atoms with E-state index in [0.717, 1.165) is 17.7 Å². The Balaban J connectivity index is 2.24. The van der Waals surface area contributed by atoms with Crippen molar-refractivity contribution in [2.75, 3.05) is 20.8 Å². The van der Waals surface area contributed by atoms with Crippen LogP contribution in [0.5, 0.6) is 11.5 Å². The number of amides is 1. The molecular weight excluding hydrogens is 316 g/mol. The van der Waals surface area contributed by atoms with Crippen LogP contribution >= 0.6 is 0 Å². The van der Waals surface area contributed by atoms with Gasteiger partial charge in [-0.15, -0.1) is 0 Å². The van der Waals surface area contributed by atoms with Crippen molar-refractivity contribution < 1.29 is 23.0 Å². The van der Waals surface area contributed by atoms with Crippen LogP contribution in [0.2, 0.25) is 0 Å². The van der Waals surface area contributed by atoms with Gasteiger partial charge in [0.1, 0.15) is 11.6 Å². The first-order valence-electron chi connectivity index (χ1n) is 7.45. The number of nitrogens with zero attached hydrogens (tertiary/aromatic N) is 1. The highest BCUT2D eigenvalue weighted by Gasteiger charge is 2.19. The Morgan fingerprint density at radius 3 is 2.33 bits per heavy atom. The molecule has 0 atom stereocenters. The van der Waals surface area contributed by atoms with Gasteiger partial charge >= 0.3 is 0 Å². The summed E-state index contributed by atoms with van der Waals surface area (Å²) < 4.78 is 37.2. The number of carbonyl (C=O) groups excluding carboxylic acids is 1. The van der Waals surface area contributed by atoms with Gasteiger partial charge in [0.25, 0.3) is 5.91 Å². The van der Waals surface area contributed by atoms with Crippen LogP contribution in [0.15, 0.2) is 36.4 Å². The van der Waals surface area contributed by atoms with Crippen molar-refractivity contribution in [1.82, 2.24) is 4.90 Å². The van der Waals surface area contributed by atoms with Crippen molar-refractivity contribution in [1.29, 1.82) is 0 Å². The van der Waals surface area contributed by atoms with E-state index in [1.54, 1.807) is 25.1 Å². The fourth-order valence-corrected chi connectivity index (χ4v) is 2.36. The maximum atomic E-state index is 13.8. The third kappa shape index (κ3) is 3.82. The molecule has 0 saturated heterocycles. The van der Waals surface area contributed by atoms with E-state index in [1.165, 1.54) is 19.1 Å². The van der Waals surface area contributed by atoms with Gasteiger partial charge in [0.15, 0.2) is 11.5 Å². The smallest absolute Gasteiger partial charge is 0.257 e.